The molecule has 1 aliphatic heterocycles. The number of likely N-dealkylation sites (N-methyl/N-ethyl adjacent to an activating group) is 1. The third-order valence-electron chi connectivity index (χ3n) is 6.37. The Hall–Kier alpha value is -2.23. The molecule has 1 aromatic carbocycles. The van der Waals surface area contributed by atoms with Crippen LogP contribution in [0.3, 0.4) is 0 Å². The fourth-order valence-corrected chi connectivity index (χ4v) is 6.08. The highest BCUT2D eigenvalue weighted by Gasteiger charge is 2.42. The lowest BCUT2D eigenvalue weighted by molar-refractivity contribution is -0.143. The predicted octanol–water partition coefficient (Wildman–Crippen LogP) is 3.69. The number of hydrogen-bond donors (Lipinski definition) is 1. The molecule has 9 heteroatoms. The Morgan fingerprint density at radius 3 is 2.57 bits per heavy atom. The number of rotatable bonds is 11. The first-order chi connectivity index (χ1) is 16.9. The Morgan fingerprint density at radius 2 is 1.91 bits per heavy atom. The molecule has 2 aliphatic rings. The molecular weight excluding hydrogens is 468 g/mol. The molecule has 3 atom stereocenters. The van der Waals surface area contributed by atoms with Gasteiger partial charge in [-0.3, -0.25) is 9.59 Å². The highest BCUT2D eigenvalue weighted by atomic mass is 32.2. The van der Waals surface area contributed by atoms with Gasteiger partial charge in [0, 0.05) is 37.5 Å². The second kappa shape index (κ2) is 13.2. The van der Waals surface area contributed by atoms with Gasteiger partial charge in [0.15, 0.2) is 17.8 Å². The largest absolute Gasteiger partial charge is 0.493 e. The summed E-state index contributed by atoms with van der Waals surface area (Å²) in [6.07, 6.45) is 3.80. The van der Waals surface area contributed by atoms with E-state index in [1.165, 1.54) is 0 Å². The highest BCUT2D eigenvalue weighted by molar-refractivity contribution is 8.04. The van der Waals surface area contributed by atoms with Gasteiger partial charge >= 0.3 is 0 Å². The molecule has 3 rings (SSSR count). The Morgan fingerprint density at radius 1 is 1.17 bits per heavy atom. The minimum absolute atomic E-state index is 0.00141. The summed E-state index contributed by atoms with van der Waals surface area (Å²) >= 11 is 1.62. The second-order valence-corrected chi connectivity index (χ2v) is 9.87. The van der Waals surface area contributed by atoms with Crippen molar-refractivity contribution >= 4 is 29.7 Å². The summed E-state index contributed by atoms with van der Waals surface area (Å²) in [6.45, 7) is 7.66. The maximum atomic E-state index is 13.2. The average Bonchev–Trinajstić information content (AvgIpc) is 2.86. The number of carbonyl (C=O) groups excluding carboxylic acids is 2. The molecule has 2 amide bonds. The van der Waals surface area contributed by atoms with Crippen LogP contribution < -0.4 is 14.8 Å². The molecule has 0 bridgehead atoms. The Labute approximate surface area is 212 Å². The van der Waals surface area contributed by atoms with Gasteiger partial charge in [-0.2, -0.15) is 0 Å². The molecule has 8 nitrogen and oxygen atoms in total. The lowest BCUT2D eigenvalue weighted by Gasteiger charge is -2.44. The van der Waals surface area contributed by atoms with Gasteiger partial charge in [0.05, 0.1) is 25.2 Å². The molecule has 1 aliphatic carbocycles. The maximum absolute atomic E-state index is 13.2. The van der Waals surface area contributed by atoms with Crippen molar-refractivity contribution in [3.63, 3.8) is 0 Å². The number of methoxy groups -OCH3 is 1. The van der Waals surface area contributed by atoms with Crippen molar-refractivity contribution in [2.24, 2.45) is 5.92 Å². The van der Waals surface area contributed by atoms with Crippen LogP contribution in [0.2, 0.25) is 0 Å². The molecule has 0 spiro atoms. The zero-order valence-electron chi connectivity index (χ0n) is 21.4. The fourth-order valence-electron chi connectivity index (χ4n) is 4.60. The number of fused-ring (bicyclic) bond motifs is 1. The van der Waals surface area contributed by atoms with Crippen molar-refractivity contribution in [1.29, 1.82) is 0 Å². The van der Waals surface area contributed by atoms with E-state index in [-0.39, 0.29) is 29.0 Å². The van der Waals surface area contributed by atoms with Crippen LogP contribution in [0.1, 0.15) is 45.6 Å². The molecule has 2 fully saturated rings. The molecule has 1 heterocycles. The minimum Gasteiger partial charge on any atom is -0.493 e. The van der Waals surface area contributed by atoms with E-state index in [1.807, 2.05) is 52.1 Å². The number of ether oxygens (including phenoxy) is 4. The standard InChI is InChI=1S/C26H38N2O6S/c1-6-32-20-11-9-17(13-21(20)31-5)14-23-26(30)28(4)19-15-18(10-12-22(19)35-23)25(29)27-16-24(33-7-2)34-8-3/h9,11,13-14,18-19,22,24H,6-8,10,12,15-16H2,1-5H3,(H,27,29)/b23-14+. The lowest BCUT2D eigenvalue weighted by Crippen LogP contribution is -2.52. The van der Waals surface area contributed by atoms with Gasteiger partial charge in [0.25, 0.3) is 5.91 Å². The van der Waals surface area contributed by atoms with Crippen LogP contribution in [0.5, 0.6) is 11.5 Å². The van der Waals surface area contributed by atoms with E-state index < -0.39 is 6.29 Å². The molecule has 1 N–H and O–H groups in total. The van der Waals surface area contributed by atoms with Gasteiger partial charge < -0.3 is 29.2 Å². The number of nitrogens with zero attached hydrogens (tertiary/aromatic N) is 1. The summed E-state index contributed by atoms with van der Waals surface area (Å²) in [7, 11) is 3.45. The highest BCUT2D eigenvalue weighted by Crippen LogP contribution is 2.43. The van der Waals surface area contributed by atoms with E-state index >= 15 is 0 Å². The van der Waals surface area contributed by atoms with Crippen LogP contribution in [0.25, 0.3) is 6.08 Å². The number of carbonyl (C=O) groups is 2. The van der Waals surface area contributed by atoms with Gasteiger partial charge in [-0.05, 0) is 63.8 Å². The predicted molar refractivity (Wildman–Crippen MR) is 137 cm³/mol. The van der Waals surface area contributed by atoms with Crippen LogP contribution in [0, 0.1) is 5.92 Å². The zero-order valence-corrected chi connectivity index (χ0v) is 22.2. The average molecular weight is 507 g/mol. The second-order valence-electron chi connectivity index (χ2n) is 8.59. The van der Waals surface area contributed by atoms with Crippen LogP contribution in [0.4, 0.5) is 0 Å². The topological polar surface area (TPSA) is 86.3 Å². The third kappa shape index (κ3) is 6.92. The monoisotopic (exact) mass is 506 g/mol. The number of amides is 2. The maximum Gasteiger partial charge on any atom is 0.260 e. The van der Waals surface area contributed by atoms with E-state index in [2.05, 4.69) is 5.32 Å². The van der Waals surface area contributed by atoms with Crippen molar-refractivity contribution in [2.75, 3.05) is 40.5 Å². The molecule has 194 valence electrons. The molecular formula is C26H38N2O6S. The van der Waals surface area contributed by atoms with Crippen LogP contribution in [0.15, 0.2) is 23.1 Å². The van der Waals surface area contributed by atoms with Gasteiger partial charge in [0.2, 0.25) is 5.91 Å². The summed E-state index contributed by atoms with van der Waals surface area (Å²) in [5.41, 5.74) is 0.888. The van der Waals surface area contributed by atoms with Gasteiger partial charge in [0.1, 0.15) is 0 Å². The van der Waals surface area contributed by atoms with Crippen molar-refractivity contribution in [1.82, 2.24) is 10.2 Å². The third-order valence-corrected chi connectivity index (χ3v) is 7.76. The molecule has 1 saturated carbocycles. The molecule has 1 aromatic rings. The van der Waals surface area contributed by atoms with E-state index in [0.29, 0.717) is 49.2 Å². The first-order valence-corrected chi connectivity index (χ1v) is 13.3. The SMILES string of the molecule is CCOc1ccc(/C=C2/SC3CCC(C(=O)NCC(OCC)OCC)CC3N(C)C2=O)cc1OC. The molecule has 1 saturated heterocycles. The zero-order chi connectivity index (χ0) is 25.4. The smallest absolute Gasteiger partial charge is 0.260 e. The van der Waals surface area contributed by atoms with E-state index in [4.69, 9.17) is 18.9 Å². The van der Waals surface area contributed by atoms with E-state index in [9.17, 15) is 9.59 Å². The molecule has 0 radical (unpaired) electrons. The Kier molecular flexibility index (Phi) is 10.3. The number of benzene rings is 1. The van der Waals surface area contributed by atoms with Crippen molar-refractivity contribution in [3.8, 4) is 11.5 Å². The fraction of sp³-hybridized carbons (Fsp3) is 0.615. The Balaban J connectivity index is 1.64. The Bertz CT molecular complexity index is 902. The minimum atomic E-state index is -0.436. The summed E-state index contributed by atoms with van der Waals surface area (Å²) in [4.78, 5) is 28.6. The van der Waals surface area contributed by atoms with Gasteiger partial charge in [-0.15, -0.1) is 11.8 Å². The number of thioether (sulfide) groups is 1. The van der Waals surface area contributed by atoms with Crippen LogP contribution in [-0.2, 0) is 19.1 Å². The van der Waals surface area contributed by atoms with Crippen molar-refractivity contribution < 1.29 is 28.5 Å². The van der Waals surface area contributed by atoms with Crippen molar-refractivity contribution in [3.05, 3.63) is 28.7 Å². The number of hydrogen-bond acceptors (Lipinski definition) is 7. The number of nitrogens with one attached hydrogen (secondary N) is 1. The quantitative estimate of drug-likeness (QED) is 0.362. The summed E-state index contributed by atoms with van der Waals surface area (Å²) in [6, 6.07) is 5.71. The van der Waals surface area contributed by atoms with Gasteiger partial charge in [-0.25, -0.2) is 0 Å². The first-order valence-electron chi connectivity index (χ1n) is 12.4. The van der Waals surface area contributed by atoms with E-state index in [1.54, 1.807) is 23.8 Å². The van der Waals surface area contributed by atoms with Crippen molar-refractivity contribution in [2.45, 2.75) is 57.6 Å². The summed E-state index contributed by atoms with van der Waals surface area (Å²) in [5.74, 6) is 1.18. The van der Waals surface area contributed by atoms with Gasteiger partial charge in [-0.1, -0.05) is 6.07 Å². The van der Waals surface area contributed by atoms with Crippen LogP contribution in [-0.4, -0.2) is 74.8 Å². The normalized spacial score (nSPS) is 23.4. The van der Waals surface area contributed by atoms with E-state index in [0.717, 1.165) is 18.4 Å². The lowest BCUT2D eigenvalue weighted by atomic mass is 9.83. The van der Waals surface area contributed by atoms with Crippen LogP contribution >= 0.6 is 11.8 Å². The molecule has 35 heavy (non-hydrogen) atoms. The molecule has 0 aromatic heterocycles. The molecule has 3 unspecified atom stereocenters. The summed E-state index contributed by atoms with van der Waals surface area (Å²) in [5, 5.41) is 3.24. The first kappa shape index (κ1) is 27.4. The summed E-state index contributed by atoms with van der Waals surface area (Å²) < 4.78 is 22.1.